The Bertz CT molecular complexity index is 2990. The summed E-state index contributed by atoms with van der Waals surface area (Å²) in [5.74, 6) is 1.45. The Morgan fingerprint density at radius 3 is 1.78 bits per heavy atom. The number of azide groups is 1. The van der Waals surface area contributed by atoms with Crippen LogP contribution in [-0.2, 0) is 9.47 Å². The van der Waals surface area contributed by atoms with Crippen molar-refractivity contribution in [2.24, 2.45) is 5.11 Å². The molecule has 2 N–H and O–H groups in total. The van der Waals surface area contributed by atoms with Gasteiger partial charge in [0.1, 0.15) is 17.3 Å². The number of rotatable bonds is 5. The van der Waals surface area contributed by atoms with Crippen LogP contribution in [0.4, 0.5) is 18.9 Å². The van der Waals surface area contributed by atoms with E-state index in [1.807, 2.05) is 0 Å². The molecule has 0 radical (unpaired) electrons. The minimum atomic E-state index is -1.00. The summed E-state index contributed by atoms with van der Waals surface area (Å²) < 4.78 is 53.9. The van der Waals surface area contributed by atoms with Crippen molar-refractivity contribution in [1.82, 2.24) is 34.8 Å². The van der Waals surface area contributed by atoms with Gasteiger partial charge < -0.3 is 29.2 Å². The van der Waals surface area contributed by atoms with E-state index >= 15 is 0 Å². The summed E-state index contributed by atoms with van der Waals surface area (Å²) in [6.45, 7) is 4.67. The summed E-state index contributed by atoms with van der Waals surface area (Å²) in [6.07, 6.45) is 6.74. The average Bonchev–Trinajstić information content (AvgIpc) is 3.83. The van der Waals surface area contributed by atoms with E-state index < -0.39 is 7.15 Å². The lowest BCUT2D eigenvalue weighted by atomic mass is 10.1. The van der Waals surface area contributed by atoms with Crippen LogP contribution < -0.4 is 11.1 Å². The van der Waals surface area contributed by atoms with Gasteiger partial charge in [0, 0.05) is 69.7 Å². The van der Waals surface area contributed by atoms with Gasteiger partial charge in [0.15, 0.2) is 0 Å². The standard InChI is InChI=1S/C22H18FN5O3.C11H6FNO.C11H12N4O2.CH3F.CH4/c23-16-3-6-19-15(11-16)12-18(21(29)24-19)20-13-28(26-25-20)17-4-1-14(2-5-17)22(30)27-7-9-31-10-8-27;1-2-7-5-8-6-9(12)3-4-10(8)13-11(7)14;12-14-13-10-3-1-9(2-4-10)11(16)15-5-7-17-8-6-15;1-2;/h1-6,11-13H,7-10H2,(H,24,29);1,3-6H,(H,13,14);1-4H,5-8H2;1H3;1H4/i;;;1D;. The number of aromatic nitrogens is 5. The summed E-state index contributed by atoms with van der Waals surface area (Å²) >= 11 is 0. The SMILES string of the molecule is C.C#Cc1cc2cc(F)ccc2[nH]c1=O.O=C(c1ccc(-n2cc(-c3cc4cc(F)ccc4[nH]c3=O)nn2)cc1)N1CCOCC1.[2H]CF.[N-]=[N+]=Nc1ccc(C(=O)N2CCOCC2)cc1. The minimum absolute atomic E-state index is 0. The Morgan fingerprint density at radius 2 is 1.28 bits per heavy atom. The molecule has 0 bridgehead atoms. The van der Waals surface area contributed by atoms with Crippen LogP contribution in [0, 0.1) is 24.0 Å². The fraction of sp³-hybridized carbons (Fsp3) is 0.217. The maximum atomic E-state index is 13.5. The Labute approximate surface area is 371 Å². The number of halogens is 3. The molecule has 334 valence electrons. The summed E-state index contributed by atoms with van der Waals surface area (Å²) in [6, 6.07) is 25.0. The number of nitrogens with one attached hydrogen (secondary N) is 2. The first-order valence-corrected chi connectivity index (χ1v) is 19.4. The van der Waals surface area contributed by atoms with Gasteiger partial charge in [0.25, 0.3) is 22.9 Å². The Morgan fingerprint density at radius 1 is 0.785 bits per heavy atom. The number of hydrogen-bond acceptors (Lipinski definition) is 9. The molecule has 0 spiro atoms. The van der Waals surface area contributed by atoms with Crippen LogP contribution in [-0.4, -0.2) is 106 Å². The number of pyridine rings is 2. The van der Waals surface area contributed by atoms with Crippen LogP contribution in [0.2, 0.25) is 0 Å². The van der Waals surface area contributed by atoms with Crippen molar-refractivity contribution in [2.45, 2.75) is 7.43 Å². The third kappa shape index (κ3) is 12.1. The van der Waals surface area contributed by atoms with E-state index in [9.17, 15) is 32.3 Å². The molecule has 4 aromatic carbocycles. The maximum absolute atomic E-state index is 13.5. The van der Waals surface area contributed by atoms with Crippen molar-refractivity contribution in [3.8, 4) is 29.3 Å². The van der Waals surface area contributed by atoms with Crippen LogP contribution in [0.1, 0.15) is 35.1 Å². The molecule has 0 aliphatic carbocycles. The van der Waals surface area contributed by atoms with Crippen molar-refractivity contribution in [3.05, 3.63) is 163 Å². The summed E-state index contributed by atoms with van der Waals surface area (Å²) in [5.41, 5.74) is 12.0. The van der Waals surface area contributed by atoms with Gasteiger partial charge in [-0.05, 0) is 90.5 Å². The molecule has 16 nitrogen and oxygen atoms in total. The molecule has 2 amide bonds. The van der Waals surface area contributed by atoms with Gasteiger partial charge in [-0.3, -0.25) is 23.6 Å². The number of alkyl halides is 1. The van der Waals surface area contributed by atoms with Gasteiger partial charge >= 0.3 is 0 Å². The second-order valence-corrected chi connectivity index (χ2v) is 13.8. The zero-order valence-electron chi connectivity index (χ0n) is 34.9. The highest BCUT2D eigenvalue weighted by Crippen LogP contribution is 2.21. The van der Waals surface area contributed by atoms with Gasteiger partial charge in [-0.25, -0.2) is 13.5 Å². The number of hydrogen-bond donors (Lipinski definition) is 2. The lowest BCUT2D eigenvalue weighted by Gasteiger charge is -2.26. The lowest BCUT2D eigenvalue weighted by Crippen LogP contribution is -2.40. The molecule has 19 heteroatoms. The van der Waals surface area contributed by atoms with Crippen molar-refractivity contribution in [1.29, 1.82) is 0 Å². The molecule has 2 aliphatic heterocycles. The number of amides is 2. The molecule has 0 atom stereocenters. The topological polar surface area (TPSA) is 204 Å². The molecular formula is C46H43F3N10O6. The monoisotopic (exact) mass is 889 g/mol. The van der Waals surface area contributed by atoms with Gasteiger partial charge in [0.05, 0.1) is 58.0 Å². The highest BCUT2D eigenvalue weighted by molar-refractivity contribution is 5.95. The molecule has 0 unspecified atom stereocenters. The zero-order chi connectivity index (χ0) is 46.3. The molecule has 0 saturated carbocycles. The summed E-state index contributed by atoms with van der Waals surface area (Å²) in [4.78, 5) is 59.8. The van der Waals surface area contributed by atoms with Gasteiger partial charge in [-0.15, -0.1) is 11.5 Å². The molecular weight excluding hydrogens is 846 g/mol. The number of carbonyl (C=O) groups is 2. The number of morpholine rings is 2. The van der Waals surface area contributed by atoms with E-state index in [1.54, 1.807) is 70.6 Å². The molecule has 2 fully saturated rings. The summed E-state index contributed by atoms with van der Waals surface area (Å²) in [5, 5.41) is 12.8. The van der Waals surface area contributed by atoms with Crippen LogP contribution in [0.5, 0.6) is 0 Å². The largest absolute Gasteiger partial charge is 0.378 e. The number of ether oxygens (including phenoxy) is 2. The van der Waals surface area contributed by atoms with Gasteiger partial charge in [-0.1, -0.05) is 35.8 Å². The van der Waals surface area contributed by atoms with Crippen LogP contribution in [0.25, 0.3) is 49.2 Å². The number of carbonyl (C=O) groups excluding carboxylic acids is 2. The third-order valence-electron chi connectivity index (χ3n) is 9.79. The molecule has 65 heavy (non-hydrogen) atoms. The first-order valence-electron chi connectivity index (χ1n) is 20.1. The predicted molar refractivity (Wildman–Crippen MR) is 240 cm³/mol. The van der Waals surface area contributed by atoms with Crippen molar-refractivity contribution >= 4 is 39.3 Å². The predicted octanol–water partition coefficient (Wildman–Crippen LogP) is 7.36. The smallest absolute Gasteiger partial charge is 0.264 e. The quantitative estimate of drug-likeness (QED) is 0.0772. The van der Waals surface area contributed by atoms with E-state index in [-0.39, 0.29) is 47.6 Å². The average molecular weight is 890 g/mol. The van der Waals surface area contributed by atoms with Gasteiger partial charge in [-0.2, -0.15) is 0 Å². The Kier molecular flexibility index (Phi) is 16.4. The van der Waals surface area contributed by atoms with E-state index in [4.69, 9.17) is 22.8 Å². The van der Waals surface area contributed by atoms with Crippen molar-refractivity contribution in [2.75, 3.05) is 59.8 Å². The minimum Gasteiger partial charge on any atom is -0.378 e. The van der Waals surface area contributed by atoms with E-state index in [0.717, 1.165) is 0 Å². The van der Waals surface area contributed by atoms with Crippen LogP contribution >= 0.6 is 0 Å². The number of terminal acetylenes is 1. The second kappa shape index (κ2) is 22.9. The molecule has 9 rings (SSSR count). The molecule has 2 saturated heterocycles. The number of fused-ring (bicyclic) bond motifs is 2. The molecule has 7 aromatic rings. The fourth-order valence-corrected chi connectivity index (χ4v) is 6.54. The zero-order valence-corrected chi connectivity index (χ0v) is 33.9. The molecule has 3 aromatic heterocycles. The highest BCUT2D eigenvalue weighted by Gasteiger charge is 2.20. The number of aromatic amines is 2. The number of nitrogens with zero attached hydrogens (tertiary/aromatic N) is 8. The molecule has 5 heterocycles. The highest BCUT2D eigenvalue weighted by atomic mass is 19.1. The Hall–Kier alpha value is -8.04. The number of benzene rings is 4. The third-order valence-corrected chi connectivity index (χ3v) is 9.79. The molecule has 2 aliphatic rings. The summed E-state index contributed by atoms with van der Waals surface area (Å²) in [7, 11) is -1.00. The first kappa shape index (κ1) is 46.5. The van der Waals surface area contributed by atoms with Crippen molar-refractivity contribution in [3.63, 3.8) is 0 Å². The first-order chi connectivity index (χ1) is 31.5. The second-order valence-electron chi connectivity index (χ2n) is 13.8. The maximum Gasteiger partial charge on any atom is 0.264 e. The fourth-order valence-electron chi connectivity index (χ4n) is 6.54. The van der Waals surface area contributed by atoms with Crippen LogP contribution in [0.15, 0.2) is 118 Å². The number of H-pyrrole nitrogens is 2. The van der Waals surface area contributed by atoms with Crippen LogP contribution in [0.3, 0.4) is 0 Å². The van der Waals surface area contributed by atoms with Gasteiger partial charge in [0.2, 0.25) is 0 Å². The normalized spacial score (nSPS) is 13.2. The van der Waals surface area contributed by atoms with E-state index in [2.05, 4.69) is 36.2 Å². The lowest BCUT2D eigenvalue weighted by molar-refractivity contribution is 0.0301. The van der Waals surface area contributed by atoms with E-state index in [0.29, 0.717) is 108 Å². The van der Waals surface area contributed by atoms with E-state index in [1.165, 1.54) is 47.1 Å². The Balaban J connectivity index is 0.000000197. The van der Waals surface area contributed by atoms with Crippen molar-refractivity contribution < 1.29 is 33.6 Å².